The molecular weight excluding hydrogens is 248 g/mol. The van der Waals surface area contributed by atoms with E-state index in [1.165, 1.54) is 43.7 Å². The van der Waals surface area contributed by atoms with Crippen molar-refractivity contribution in [2.24, 2.45) is 5.92 Å². The molecule has 1 N–H and O–H groups in total. The number of hydrogen-bond acceptors (Lipinski definition) is 3. The molecule has 2 aromatic rings. The average molecular weight is 270 g/mol. The van der Waals surface area contributed by atoms with Crippen LogP contribution in [0.1, 0.15) is 24.1 Å². The zero-order valence-electron chi connectivity index (χ0n) is 12.0. The van der Waals surface area contributed by atoms with Crippen molar-refractivity contribution >= 4 is 5.65 Å². The molecule has 2 saturated heterocycles. The second-order valence-electron chi connectivity index (χ2n) is 6.36. The Balaban J connectivity index is 1.50. The van der Waals surface area contributed by atoms with E-state index in [0.717, 1.165) is 18.1 Å². The molecule has 0 bridgehead atoms. The van der Waals surface area contributed by atoms with Gasteiger partial charge in [0.05, 0.1) is 5.69 Å². The van der Waals surface area contributed by atoms with E-state index in [2.05, 4.69) is 46.1 Å². The number of hydrogen-bond donors (Lipinski definition) is 1. The highest BCUT2D eigenvalue weighted by atomic mass is 15.2. The van der Waals surface area contributed by atoms with Crippen molar-refractivity contribution in [3.8, 4) is 0 Å². The third-order valence-corrected chi connectivity index (χ3v) is 4.71. The lowest BCUT2D eigenvalue weighted by atomic mass is 9.94. The number of likely N-dealkylation sites (tertiary alicyclic amines) is 1. The molecule has 2 aliphatic heterocycles. The van der Waals surface area contributed by atoms with Crippen molar-refractivity contribution in [1.82, 2.24) is 19.6 Å². The smallest absolute Gasteiger partial charge is 0.137 e. The van der Waals surface area contributed by atoms with Gasteiger partial charge in [0.2, 0.25) is 0 Å². The van der Waals surface area contributed by atoms with Gasteiger partial charge in [-0.1, -0.05) is 6.07 Å². The summed E-state index contributed by atoms with van der Waals surface area (Å²) in [6.07, 6.45) is 7.05. The highest BCUT2D eigenvalue weighted by Gasteiger charge is 2.34. The van der Waals surface area contributed by atoms with Crippen LogP contribution < -0.4 is 5.32 Å². The lowest BCUT2D eigenvalue weighted by Gasteiger charge is -2.24. The molecule has 4 heteroatoms. The molecule has 4 heterocycles. The molecule has 2 fully saturated rings. The van der Waals surface area contributed by atoms with Crippen molar-refractivity contribution in [2.75, 3.05) is 19.6 Å². The standard InChI is InChI=1S/C16H22N4/c1-12-4-5-16-18-14(10-20(16)7-12)9-19-8-13-3-2-6-17-15(13)11-19/h4-5,7,10,13,15,17H,2-3,6,8-9,11H2,1H3/t13-,15+/m0/s1. The molecular formula is C16H22N4. The minimum Gasteiger partial charge on any atom is -0.312 e. The summed E-state index contributed by atoms with van der Waals surface area (Å²) in [6.45, 7) is 6.70. The summed E-state index contributed by atoms with van der Waals surface area (Å²) in [6, 6.07) is 4.94. The monoisotopic (exact) mass is 270 g/mol. The van der Waals surface area contributed by atoms with Crippen LogP contribution in [0.4, 0.5) is 0 Å². The van der Waals surface area contributed by atoms with Crippen LogP contribution in [0.3, 0.4) is 0 Å². The SMILES string of the molecule is Cc1ccc2nc(CN3C[C@@H]4CCCN[C@@H]4C3)cn2c1. The van der Waals surface area contributed by atoms with Gasteiger partial charge < -0.3 is 9.72 Å². The Morgan fingerprint density at radius 3 is 3.15 bits per heavy atom. The largest absolute Gasteiger partial charge is 0.312 e. The van der Waals surface area contributed by atoms with Gasteiger partial charge in [-0.25, -0.2) is 4.98 Å². The molecule has 2 aromatic heterocycles. The Morgan fingerprint density at radius 1 is 1.30 bits per heavy atom. The van der Waals surface area contributed by atoms with Crippen molar-refractivity contribution in [3.63, 3.8) is 0 Å². The van der Waals surface area contributed by atoms with E-state index in [4.69, 9.17) is 4.98 Å². The van der Waals surface area contributed by atoms with Crippen LogP contribution in [-0.4, -0.2) is 40.0 Å². The quantitative estimate of drug-likeness (QED) is 0.903. The Kier molecular flexibility index (Phi) is 3.00. The molecule has 2 aliphatic rings. The molecule has 0 aromatic carbocycles. The molecule has 0 saturated carbocycles. The van der Waals surface area contributed by atoms with Gasteiger partial charge in [0.15, 0.2) is 0 Å². The zero-order chi connectivity index (χ0) is 13.5. The maximum Gasteiger partial charge on any atom is 0.137 e. The van der Waals surface area contributed by atoms with Gasteiger partial charge in [0.1, 0.15) is 5.65 Å². The lowest BCUT2D eigenvalue weighted by molar-refractivity contribution is 0.310. The molecule has 20 heavy (non-hydrogen) atoms. The van der Waals surface area contributed by atoms with Gasteiger partial charge >= 0.3 is 0 Å². The molecule has 0 radical (unpaired) electrons. The van der Waals surface area contributed by atoms with Gasteiger partial charge in [-0.2, -0.15) is 0 Å². The fraction of sp³-hybridized carbons (Fsp3) is 0.562. The number of nitrogens with zero attached hydrogens (tertiary/aromatic N) is 3. The predicted molar refractivity (Wildman–Crippen MR) is 79.7 cm³/mol. The third kappa shape index (κ3) is 2.23. The van der Waals surface area contributed by atoms with Crippen LogP contribution in [-0.2, 0) is 6.54 Å². The first kappa shape index (κ1) is 12.4. The number of nitrogens with one attached hydrogen (secondary N) is 1. The van der Waals surface area contributed by atoms with Crippen molar-refractivity contribution < 1.29 is 0 Å². The molecule has 106 valence electrons. The van der Waals surface area contributed by atoms with E-state index >= 15 is 0 Å². The lowest BCUT2D eigenvalue weighted by Crippen LogP contribution is -2.40. The van der Waals surface area contributed by atoms with Gasteiger partial charge in [-0.3, -0.25) is 4.90 Å². The van der Waals surface area contributed by atoms with Gasteiger partial charge in [-0.15, -0.1) is 0 Å². The molecule has 2 atom stereocenters. The predicted octanol–water partition coefficient (Wildman–Crippen LogP) is 1.83. The Bertz CT molecular complexity index is 604. The van der Waals surface area contributed by atoms with Crippen molar-refractivity contribution in [2.45, 2.75) is 32.4 Å². The highest BCUT2D eigenvalue weighted by Crippen LogP contribution is 2.25. The van der Waals surface area contributed by atoms with Crippen molar-refractivity contribution in [3.05, 3.63) is 35.8 Å². The summed E-state index contributed by atoms with van der Waals surface area (Å²) < 4.78 is 2.14. The van der Waals surface area contributed by atoms with E-state index in [9.17, 15) is 0 Å². The second-order valence-corrected chi connectivity index (χ2v) is 6.36. The molecule has 4 rings (SSSR count). The van der Waals surface area contributed by atoms with Crippen LogP contribution in [0, 0.1) is 12.8 Å². The number of rotatable bonds is 2. The van der Waals surface area contributed by atoms with Crippen LogP contribution in [0.2, 0.25) is 0 Å². The van der Waals surface area contributed by atoms with E-state index < -0.39 is 0 Å². The maximum atomic E-state index is 4.74. The topological polar surface area (TPSA) is 32.6 Å². The molecule has 0 amide bonds. The van der Waals surface area contributed by atoms with Crippen LogP contribution in [0.5, 0.6) is 0 Å². The zero-order valence-corrected chi connectivity index (χ0v) is 12.0. The first-order valence-corrected chi connectivity index (χ1v) is 7.68. The summed E-state index contributed by atoms with van der Waals surface area (Å²) >= 11 is 0. The molecule has 4 nitrogen and oxygen atoms in total. The summed E-state index contributed by atoms with van der Waals surface area (Å²) in [7, 11) is 0. The Labute approximate surface area is 119 Å². The first-order valence-electron chi connectivity index (χ1n) is 7.68. The fourth-order valence-corrected chi connectivity index (χ4v) is 3.73. The summed E-state index contributed by atoms with van der Waals surface area (Å²) in [5.41, 5.74) is 3.52. The fourth-order valence-electron chi connectivity index (χ4n) is 3.73. The van der Waals surface area contributed by atoms with Crippen LogP contribution in [0.15, 0.2) is 24.5 Å². The number of aryl methyl sites for hydroxylation is 1. The van der Waals surface area contributed by atoms with Gasteiger partial charge in [-0.05, 0) is 43.9 Å². The average Bonchev–Trinajstić information content (AvgIpc) is 3.00. The van der Waals surface area contributed by atoms with E-state index in [0.29, 0.717) is 6.04 Å². The van der Waals surface area contributed by atoms with Crippen molar-refractivity contribution in [1.29, 1.82) is 0 Å². The molecule has 0 spiro atoms. The number of imidazole rings is 1. The minimum atomic E-state index is 0.711. The normalized spacial score (nSPS) is 27.1. The number of aromatic nitrogens is 2. The number of pyridine rings is 1. The summed E-state index contributed by atoms with van der Waals surface area (Å²) in [4.78, 5) is 7.29. The minimum absolute atomic E-state index is 0.711. The molecule has 0 aliphatic carbocycles. The molecule has 0 unspecified atom stereocenters. The van der Waals surface area contributed by atoms with Crippen LogP contribution >= 0.6 is 0 Å². The third-order valence-electron chi connectivity index (χ3n) is 4.71. The van der Waals surface area contributed by atoms with E-state index in [1.807, 2.05) is 0 Å². The highest BCUT2D eigenvalue weighted by molar-refractivity contribution is 5.41. The number of piperidine rings is 1. The maximum absolute atomic E-state index is 4.74. The first-order chi connectivity index (χ1) is 9.78. The Hall–Kier alpha value is -1.39. The summed E-state index contributed by atoms with van der Waals surface area (Å²) in [5, 5.41) is 3.66. The van der Waals surface area contributed by atoms with E-state index in [-0.39, 0.29) is 0 Å². The van der Waals surface area contributed by atoms with Gasteiger partial charge in [0.25, 0.3) is 0 Å². The Morgan fingerprint density at radius 2 is 2.25 bits per heavy atom. The van der Waals surface area contributed by atoms with E-state index in [1.54, 1.807) is 0 Å². The van der Waals surface area contributed by atoms with Crippen LogP contribution in [0.25, 0.3) is 5.65 Å². The summed E-state index contributed by atoms with van der Waals surface area (Å²) in [5.74, 6) is 0.850. The number of fused-ring (bicyclic) bond motifs is 2. The van der Waals surface area contributed by atoms with Gasteiger partial charge in [0, 0.05) is 38.1 Å². The second kappa shape index (κ2) is 4.86.